The Morgan fingerprint density at radius 3 is 2.84 bits per heavy atom. The molecule has 164 valence electrons. The van der Waals surface area contributed by atoms with Crippen molar-refractivity contribution in [2.24, 2.45) is 0 Å². The predicted octanol–water partition coefficient (Wildman–Crippen LogP) is 5.64. The number of halogens is 1. The van der Waals surface area contributed by atoms with Crippen molar-refractivity contribution in [3.05, 3.63) is 76.0 Å². The number of carbonyl (C=O) groups excluding carboxylic acids is 1. The van der Waals surface area contributed by atoms with Crippen LogP contribution in [0.2, 0.25) is 5.02 Å². The third-order valence-electron chi connectivity index (χ3n) is 5.68. The summed E-state index contributed by atoms with van der Waals surface area (Å²) in [4.78, 5) is 17.7. The molecule has 1 unspecified atom stereocenters. The second kappa shape index (κ2) is 9.00. The number of aromatic nitrogens is 3. The lowest BCUT2D eigenvalue weighted by Gasteiger charge is -2.32. The van der Waals surface area contributed by atoms with E-state index < -0.39 is 0 Å². The Bertz CT molecular complexity index is 1210. The van der Waals surface area contributed by atoms with E-state index in [4.69, 9.17) is 21.4 Å². The van der Waals surface area contributed by atoms with Crippen LogP contribution < -0.4 is 10.1 Å². The Hall–Kier alpha value is -2.77. The van der Waals surface area contributed by atoms with Gasteiger partial charge >= 0.3 is 0 Å². The number of hydrogen-bond acceptors (Lipinski definition) is 6. The zero-order valence-electron chi connectivity index (χ0n) is 17.7. The molecule has 6 nitrogen and oxygen atoms in total. The predicted molar refractivity (Wildman–Crippen MR) is 126 cm³/mol. The summed E-state index contributed by atoms with van der Waals surface area (Å²) in [5.41, 5.74) is 3.50. The van der Waals surface area contributed by atoms with E-state index in [1.807, 2.05) is 53.2 Å². The van der Waals surface area contributed by atoms with Crippen molar-refractivity contribution in [2.45, 2.75) is 44.0 Å². The van der Waals surface area contributed by atoms with E-state index >= 15 is 0 Å². The fourth-order valence-electron chi connectivity index (χ4n) is 4.22. The monoisotopic (exact) mass is 466 g/mol. The molecular weight excluding hydrogens is 444 g/mol. The van der Waals surface area contributed by atoms with E-state index in [1.165, 1.54) is 0 Å². The van der Waals surface area contributed by atoms with Crippen LogP contribution in [0.15, 0.2) is 65.0 Å². The molecule has 0 spiro atoms. The van der Waals surface area contributed by atoms with Gasteiger partial charge < -0.3 is 10.1 Å². The normalized spacial score (nSPS) is 17.6. The van der Waals surface area contributed by atoms with Crippen molar-refractivity contribution >= 4 is 35.1 Å². The summed E-state index contributed by atoms with van der Waals surface area (Å²) in [6.45, 7) is 2.41. The average Bonchev–Trinajstić information content (AvgIpc) is 3.20. The minimum absolute atomic E-state index is 0.149. The minimum atomic E-state index is -0.379. The molecule has 1 aliphatic heterocycles. The highest BCUT2D eigenvalue weighted by atomic mass is 35.5. The van der Waals surface area contributed by atoms with E-state index in [0.717, 1.165) is 41.0 Å². The van der Waals surface area contributed by atoms with Crippen molar-refractivity contribution in [1.29, 1.82) is 0 Å². The molecule has 1 N–H and O–H groups in total. The zero-order valence-corrected chi connectivity index (χ0v) is 19.2. The maximum Gasteiger partial charge on any atom is 0.227 e. The standard InChI is InChI=1S/C24H23ClN4O2S/c1-2-32-24-27-23-26-18-11-7-12-19(30)21(18)22(29(23)28-24)16-9-4-6-13-20(16)31-14-15-8-3-5-10-17(15)25/h3-6,8-10,13,22H,2,7,11-12,14H2,1H3,(H,26,27,28). The van der Waals surface area contributed by atoms with Gasteiger partial charge in [0.1, 0.15) is 18.4 Å². The van der Waals surface area contributed by atoms with Gasteiger partial charge in [-0.2, -0.15) is 4.98 Å². The summed E-state index contributed by atoms with van der Waals surface area (Å²) in [6, 6.07) is 15.1. The number of fused-ring (bicyclic) bond motifs is 1. The number of ketones is 1. The number of Topliss-reactive ketones (excluding diaryl/α,β-unsaturated/α-hetero) is 1. The third-order valence-corrected chi connectivity index (χ3v) is 6.77. The van der Waals surface area contributed by atoms with Gasteiger partial charge in [0.2, 0.25) is 11.1 Å². The SMILES string of the molecule is CCSc1nc2n(n1)C(c1ccccc1OCc1ccccc1Cl)C1=C(CCCC1=O)N2. The molecule has 2 aliphatic rings. The summed E-state index contributed by atoms with van der Waals surface area (Å²) in [5, 5.41) is 9.47. The lowest BCUT2D eigenvalue weighted by Crippen LogP contribution is -2.31. The molecule has 3 aromatic rings. The maximum absolute atomic E-state index is 13.1. The number of nitrogens with zero attached hydrogens (tertiary/aromatic N) is 3. The fourth-order valence-corrected chi connectivity index (χ4v) is 4.97. The molecule has 32 heavy (non-hydrogen) atoms. The van der Waals surface area contributed by atoms with Crippen molar-refractivity contribution in [1.82, 2.24) is 14.8 Å². The zero-order chi connectivity index (χ0) is 22.1. The van der Waals surface area contributed by atoms with Gasteiger partial charge in [0.05, 0.1) is 0 Å². The largest absolute Gasteiger partial charge is 0.488 e. The number of benzene rings is 2. The van der Waals surface area contributed by atoms with Gasteiger partial charge in [0.25, 0.3) is 0 Å². The van der Waals surface area contributed by atoms with Crippen molar-refractivity contribution in [3.8, 4) is 5.75 Å². The molecule has 2 aromatic carbocycles. The molecule has 2 heterocycles. The molecule has 0 bridgehead atoms. The number of allylic oxidation sites excluding steroid dienone is 2. The van der Waals surface area contributed by atoms with Gasteiger partial charge in [0, 0.05) is 33.8 Å². The van der Waals surface area contributed by atoms with Crippen LogP contribution in [0.1, 0.15) is 43.4 Å². The first kappa shape index (κ1) is 21.1. The highest BCUT2D eigenvalue weighted by Gasteiger charge is 2.38. The summed E-state index contributed by atoms with van der Waals surface area (Å²) in [7, 11) is 0. The molecule has 0 saturated carbocycles. The van der Waals surface area contributed by atoms with E-state index in [0.29, 0.717) is 34.9 Å². The first-order valence-electron chi connectivity index (χ1n) is 10.7. The molecule has 0 radical (unpaired) electrons. The number of thioether (sulfide) groups is 1. The Morgan fingerprint density at radius 2 is 2.00 bits per heavy atom. The first-order valence-corrected chi connectivity index (χ1v) is 12.1. The van der Waals surface area contributed by atoms with Gasteiger partial charge in [-0.15, -0.1) is 5.10 Å². The summed E-state index contributed by atoms with van der Waals surface area (Å²) in [5.74, 6) is 2.39. The number of hydrogen-bond donors (Lipinski definition) is 1. The van der Waals surface area contributed by atoms with E-state index in [9.17, 15) is 4.79 Å². The molecule has 1 atom stereocenters. The van der Waals surface area contributed by atoms with Gasteiger partial charge in [-0.05, 0) is 30.7 Å². The average molecular weight is 467 g/mol. The van der Waals surface area contributed by atoms with Crippen LogP contribution >= 0.6 is 23.4 Å². The van der Waals surface area contributed by atoms with Crippen LogP contribution in [-0.4, -0.2) is 26.3 Å². The summed E-state index contributed by atoms with van der Waals surface area (Å²) >= 11 is 7.90. The fraction of sp³-hybridized carbons (Fsp3) is 0.292. The third kappa shape index (κ3) is 3.91. The lowest BCUT2D eigenvalue weighted by atomic mass is 9.85. The smallest absolute Gasteiger partial charge is 0.227 e. The number of rotatable bonds is 6. The quantitative estimate of drug-likeness (QED) is 0.474. The van der Waals surface area contributed by atoms with Crippen molar-refractivity contribution < 1.29 is 9.53 Å². The van der Waals surface area contributed by atoms with Gasteiger partial charge in [0.15, 0.2) is 5.78 Å². The second-order valence-electron chi connectivity index (χ2n) is 7.71. The maximum atomic E-state index is 13.1. The summed E-state index contributed by atoms with van der Waals surface area (Å²) < 4.78 is 8.07. The molecule has 1 aliphatic carbocycles. The highest BCUT2D eigenvalue weighted by Crippen LogP contribution is 2.43. The number of ether oxygens (including phenoxy) is 1. The van der Waals surface area contributed by atoms with Crippen molar-refractivity contribution in [3.63, 3.8) is 0 Å². The van der Waals surface area contributed by atoms with Crippen LogP contribution in [0.25, 0.3) is 0 Å². The second-order valence-corrected chi connectivity index (χ2v) is 9.35. The topological polar surface area (TPSA) is 69.0 Å². The number of anilines is 1. The molecular formula is C24H23ClN4O2S. The van der Waals surface area contributed by atoms with Crippen LogP contribution in [-0.2, 0) is 11.4 Å². The molecule has 0 fully saturated rings. The Kier molecular flexibility index (Phi) is 5.93. The Morgan fingerprint density at radius 1 is 1.19 bits per heavy atom. The number of para-hydroxylation sites is 1. The van der Waals surface area contributed by atoms with Gasteiger partial charge in [-0.1, -0.05) is 66.7 Å². The highest BCUT2D eigenvalue weighted by molar-refractivity contribution is 7.99. The minimum Gasteiger partial charge on any atom is -0.488 e. The molecule has 0 amide bonds. The van der Waals surface area contributed by atoms with Crippen LogP contribution in [0, 0.1) is 0 Å². The van der Waals surface area contributed by atoms with Gasteiger partial charge in [-0.3, -0.25) is 4.79 Å². The molecule has 1 aromatic heterocycles. The van der Waals surface area contributed by atoms with Gasteiger partial charge in [-0.25, -0.2) is 4.68 Å². The van der Waals surface area contributed by atoms with Crippen LogP contribution in [0.4, 0.5) is 5.95 Å². The Labute approximate surface area is 196 Å². The molecule has 8 heteroatoms. The van der Waals surface area contributed by atoms with Crippen LogP contribution in [0.3, 0.4) is 0 Å². The first-order chi connectivity index (χ1) is 15.7. The lowest BCUT2D eigenvalue weighted by molar-refractivity contribution is -0.116. The molecule has 5 rings (SSSR count). The molecule has 0 saturated heterocycles. The van der Waals surface area contributed by atoms with E-state index in [1.54, 1.807) is 11.8 Å². The summed E-state index contributed by atoms with van der Waals surface area (Å²) in [6.07, 6.45) is 2.20. The van der Waals surface area contributed by atoms with Crippen molar-refractivity contribution in [2.75, 3.05) is 11.1 Å². The van der Waals surface area contributed by atoms with E-state index in [-0.39, 0.29) is 11.8 Å². The number of nitrogens with one attached hydrogen (secondary N) is 1. The van der Waals surface area contributed by atoms with Crippen LogP contribution in [0.5, 0.6) is 5.75 Å². The van der Waals surface area contributed by atoms with E-state index in [2.05, 4.69) is 17.2 Å². The Balaban J connectivity index is 1.57. The number of carbonyl (C=O) groups is 1.